The maximum absolute atomic E-state index is 13.0. The SMILES string of the molecule is Cn1nc(CC(=O)NCc2ccc(Cl)cc2)c(=O)c2cc(CN3CCOCC3)cnc21. The molecule has 0 atom stereocenters. The number of hydrogen-bond donors (Lipinski definition) is 1. The molecule has 9 heteroatoms. The number of nitrogens with one attached hydrogen (secondary N) is 1. The van der Waals surface area contributed by atoms with Crippen LogP contribution in [0.25, 0.3) is 11.0 Å². The van der Waals surface area contributed by atoms with Crippen LogP contribution in [0.3, 0.4) is 0 Å². The van der Waals surface area contributed by atoms with E-state index >= 15 is 0 Å². The lowest BCUT2D eigenvalue weighted by Gasteiger charge is -2.26. The van der Waals surface area contributed by atoms with E-state index in [1.54, 1.807) is 30.1 Å². The van der Waals surface area contributed by atoms with Gasteiger partial charge in [0.1, 0.15) is 5.69 Å². The van der Waals surface area contributed by atoms with Crippen LogP contribution in [0.4, 0.5) is 0 Å². The van der Waals surface area contributed by atoms with Crippen LogP contribution in [-0.2, 0) is 36.1 Å². The molecule has 1 amide bonds. The number of morpholine rings is 1. The van der Waals surface area contributed by atoms with Crippen molar-refractivity contribution in [2.75, 3.05) is 26.3 Å². The fourth-order valence-corrected chi connectivity index (χ4v) is 3.72. The summed E-state index contributed by atoms with van der Waals surface area (Å²) in [6.07, 6.45) is 1.68. The number of pyridine rings is 1. The van der Waals surface area contributed by atoms with Gasteiger partial charge >= 0.3 is 0 Å². The molecule has 0 unspecified atom stereocenters. The molecule has 1 saturated heterocycles. The smallest absolute Gasteiger partial charge is 0.226 e. The molecule has 1 aromatic carbocycles. The van der Waals surface area contributed by atoms with Crippen LogP contribution in [0.1, 0.15) is 16.8 Å². The zero-order valence-electron chi connectivity index (χ0n) is 17.3. The van der Waals surface area contributed by atoms with Gasteiger partial charge in [0.2, 0.25) is 11.3 Å². The van der Waals surface area contributed by atoms with Gasteiger partial charge in [-0.3, -0.25) is 14.5 Å². The van der Waals surface area contributed by atoms with Crippen molar-refractivity contribution in [1.29, 1.82) is 0 Å². The summed E-state index contributed by atoms with van der Waals surface area (Å²) >= 11 is 5.88. The fourth-order valence-electron chi connectivity index (χ4n) is 3.59. The van der Waals surface area contributed by atoms with E-state index in [1.807, 2.05) is 18.2 Å². The zero-order chi connectivity index (χ0) is 21.8. The van der Waals surface area contributed by atoms with E-state index in [2.05, 4.69) is 20.3 Å². The number of carbonyl (C=O) groups is 1. The zero-order valence-corrected chi connectivity index (χ0v) is 18.1. The van der Waals surface area contributed by atoms with Crippen molar-refractivity contribution < 1.29 is 9.53 Å². The van der Waals surface area contributed by atoms with Crippen molar-refractivity contribution in [2.45, 2.75) is 19.5 Å². The molecular formula is C22H24ClN5O3. The van der Waals surface area contributed by atoms with Crippen molar-refractivity contribution in [3.05, 3.63) is 68.6 Å². The predicted octanol–water partition coefficient (Wildman–Crippen LogP) is 1.67. The van der Waals surface area contributed by atoms with Gasteiger partial charge in [0.05, 0.1) is 25.0 Å². The van der Waals surface area contributed by atoms with Gasteiger partial charge < -0.3 is 10.1 Å². The molecule has 0 spiro atoms. The number of halogens is 1. The van der Waals surface area contributed by atoms with E-state index in [0.29, 0.717) is 42.4 Å². The van der Waals surface area contributed by atoms with Crippen LogP contribution in [0.15, 0.2) is 41.3 Å². The van der Waals surface area contributed by atoms with Crippen LogP contribution in [0.5, 0.6) is 0 Å². The maximum atomic E-state index is 13.0. The Morgan fingerprint density at radius 3 is 2.68 bits per heavy atom. The standard InChI is InChI=1S/C22H24ClN5O3/c1-27-22-18(10-16(13-25-22)14-28-6-8-31-9-7-28)21(30)19(26-27)11-20(29)24-12-15-2-4-17(23)5-3-15/h2-5,10,13H,6-9,11-12,14H2,1H3,(H,24,29). The third kappa shape index (κ3) is 5.28. The minimum absolute atomic E-state index is 0.0934. The Morgan fingerprint density at radius 1 is 1.19 bits per heavy atom. The number of ether oxygens (including phenoxy) is 1. The quantitative estimate of drug-likeness (QED) is 0.626. The van der Waals surface area contributed by atoms with E-state index in [1.165, 1.54) is 0 Å². The van der Waals surface area contributed by atoms with E-state index in [-0.39, 0.29) is 23.5 Å². The summed E-state index contributed by atoms with van der Waals surface area (Å²) < 4.78 is 6.94. The normalized spacial score (nSPS) is 14.6. The number of fused-ring (bicyclic) bond motifs is 1. The second kappa shape index (κ2) is 9.55. The van der Waals surface area contributed by atoms with E-state index in [9.17, 15) is 9.59 Å². The summed E-state index contributed by atoms with van der Waals surface area (Å²) in [5, 5.41) is 8.23. The second-order valence-corrected chi connectivity index (χ2v) is 8.02. The summed E-state index contributed by atoms with van der Waals surface area (Å²) in [7, 11) is 1.73. The van der Waals surface area contributed by atoms with Gasteiger partial charge in [-0.15, -0.1) is 0 Å². The molecule has 1 aliphatic rings. The summed E-state index contributed by atoms with van der Waals surface area (Å²) in [4.78, 5) is 32.2. The van der Waals surface area contributed by atoms with E-state index < -0.39 is 0 Å². The third-order valence-electron chi connectivity index (χ3n) is 5.25. The molecule has 3 heterocycles. The molecule has 0 saturated carbocycles. The number of hydrogen-bond acceptors (Lipinski definition) is 6. The van der Waals surface area contributed by atoms with Crippen molar-refractivity contribution in [2.24, 2.45) is 7.05 Å². The summed E-state index contributed by atoms with van der Waals surface area (Å²) in [6, 6.07) is 9.09. The molecule has 0 radical (unpaired) electrons. The average Bonchev–Trinajstić information content (AvgIpc) is 2.77. The van der Waals surface area contributed by atoms with Gasteiger partial charge in [-0.25, -0.2) is 9.67 Å². The van der Waals surface area contributed by atoms with Gasteiger partial charge in [-0.1, -0.05) is 23.7 Å². The van der Waals surface area contributed by atoms with Crippen LogP contribution in [-0.4, -0.2) is 51.9 Å². The van der Waals surface area contributed by atoms with Gasteiger partial charge in [-0.05, 0) is 29.3 Å². The highest BCUT2D eigenvalue weighted by atomic mass is 35.5. The number of carbonyl (C=O) groups excluding carboxylic acids is 1. The van der Waals surface area contributed by atoms with Crippen molar-refractivity contribution >= 4 is 28.5 Å². The Bertz CT molecular complexity index is 1140. The van der Waals surface area contributed by atoms with Crippen molar-refractivity contribution in [3.63, 3.8) is 0 Å². The van der Waals surface area contributed by atoms with Gasteiger partial charge in [-0.2, -0.15) is 5.10 Å². The second-order valence-electron chi connectivity index (χ2n) is 7.58. The highest BCUT2D eigenvalue weighted by Crippen LogP contribution is 2.13. The Morgan fingerprint density at radius 2 is 1.94 bits per heavy atom. The largest absolute Gasteiger partial charge is 0.379 e. The molecule has 1 N–H and O–H groups in total. The lowest BCUT2D eigenvalue weighted by atomic mass is 10.1. The first kappa shape index (κ1) is 21.4. The van der Waals surface area contributed by atoms with Crippen LogP contribution >= 0.6 is 11.6 Å². The fraction of sp³-hybridized carbons (Fsp3) is 0.364. The first-order chi connectivity index (χ1) is 15.0. The van der Waals surface area contributed by atoms with Crippen LogP contribution < -0.4 is 10.7 Å². The van der Waals surface area contributed by atoms with Crippen LogP contribution in [0.2, 0.25) is 5.02 Å². The summed E-state index contributed by atoms with van der Waals surface area (Å²) in [6.45, 7) is 4.19. The van der Waals surface area contributed by atoms with Crippen molar-refractivity contribution in [1.82, 2.24) is 25.0 Å². The minimum Gasteiger partial charge on any atom is -0.379 e. The lowest BCUT2D eigenvalue weighted by Crippen LogP contribution is -2.35. The number of rotatable bonds is 6. The number of amides is 1. The number of aryl methyl sites for hydroxylation is 1. The highest BCUT2D eigenvalue weighted by molar-refractivity contribution is 6.30. The molecule has 1 aliphatic heterocycles. The molecule has 3 aromatic rings. The Labute approximate surface area is 184 Å². The minimum atomic E-state index is -0.267. The molecule has 162 valence electrons. The van der Waals surface area contributed by atoms with Crippen molar-refractivity contribution in [3.8, 4) is 0 Å². The first-order valence-electron chi connectivity index (χ1n) is 10.2. The summed E-state index contributed by atoms with van der Waals surface area (Å²) in [5.41, 5.74) is 2.32. The maximum Gasteiger partial charge on any atom is 0.226 e. The van der Waals surface area contributed by atoms with Gasteiger partial charge in [0, 0.05) is 44.4 Å². The Kier molecular flexibility index (Phi) is 6.60. The lowest BCUT2D eigenvalue weighted by molar-refractivity contribution is -0.120. The molecule has 0 bridgehead atoms. The number of benzene rings is 1. The monoisotopic (exact) mass is 441 g/mol. The number of aromatic nitrogens is 3. The number of nitrogens with zero attached hydrogens (tertiary/aromatic N) is 4. The van der Waals surface area contributed by atoms with E-state index in [4.69, 9.17) is 16.3 Å². The molecule has 8 nitrogen and oxygen atoms in total. The molecule has 31 heavy (non-hydrogen) atoms. The molecule has 0 aliphatic carbocycles. The molecule has 2 aromatic heterocycles. The third-order valence-corrected chi connectivity index (χ3v) is 5.50. The Hall–Kier alpha value is -2.81. The van der Waals surface area contributed by atoms with Gasteiger partial charge in [0.25, 0.3) is 0 Å². The first-order valence-corrected chi connectivity index (χ1v) is 10.5. The van der Waals surface area contributed by atoms with Crippen LogP contribution in [0, 0.1) is 0 Å². The molecular weight excluding hydrogens is 418 g/mol. The topological polar surface area (TPSA) is 89.4 Å². The summed E-state index contributed by atoms with van der Waals surface area (Å²) in [5.74, 6) is -0.267. The molecule has 4 rings (SSSR count). The Balaban J connectivity index is 1.50. The predicted molar refractivity (Wildman–Crippen MR) is 118 cm³/mol. The van der Waals surface area contributed by atoms with E-state index in [0.717, 1.165) is 24.2 Å². The average molecular weight is 442 g/mol. The molecule has 1 fully saturated rings. The van der Waals surface area contributed by atoms with Gasteiger partial charge in [0.15, 0.2) is 5.65 Å². The highest BCUT2D eigenvalue weighted by Gasteiger charge is 2.16.